The predicted octanol–water partition coefficient (Wildman–Crippen LogP) is 4.03. The maximum absolute atomic E-state index is 12.5. The van der Waals surface area contributed by atoms with Gasteiger partial charge in [0.05, 0.1) is 0 Å². The molecule has 1 saturated heterocycles. The molecule has 1 heterocycles. The molecule has 138 valence electrons. The lowest BCUT2D eigenvalue weighted by molar-refractivity contribution is 0.0939. The summed E-state index contributed by atoms with van der Waals surface area (Å²) in [5.41, 5.74) is 2.27. The van der Waals surface area contributed by atoms with Crippen molar-refractivity contribution in [2.24, 2.45) is 11.8 Å². The van der Waals surface area contributed by atoms with Crippen LogP contribution < -0.4 is 10.6 Å². The molecule has 0 spiro atoms. The number of hydrogen-bond donors (Lipinski definition) is 2. The van der Waals surface area contributed by atoms with Crippen LogP contribution in [-0.4, -0.2) is 36.0 Å². The summed E-state index contributed by atoms with van der Waals surface area (Å²) in [5, 5.41) is 5.95. The van der Waals surface area contributed by atoms with Crippen LogP contribution in [0.1, 0.15) is 56.5 Å². The minimum Gasteiger partial charge on any atom is -0.350 e. The van der Waals surface area contributed by atoms with Crippen molar-refractivity contribution in [1.29, 1.82) is 0 Å². The van der Waals surface area contributed by atoms with Gasteiger partial charge in [0.2, 0.25) is 0 Å². The van der Waals surface area contributed by atoms with Crippen molar-refractivity contribution in [3.8, 4) is 0 Å². The third kappa shape index (κ3) is 5.21. The summed E-state index contributed by atoms with van der Waals surface area (Å²) < 4.78 is 0. The number of carbonyl (C=O) groups excluding carboxylic acids is 2. The highest BCUT2D eigenvalue weighted by Crippen LogP contribution is 2.23. The van der Waals surface area contributed by atoms with Gasteiger partial charge >= 0.3 is 6.03 Å². The molecule has 1 aromatic rings. The van der Waals surface area contributed by atoms with E-state index < -0.39 is 0 Å². The molecule has 3 amide bonds. The maximum Gasteiger partial charge on any atom is 0.321 e. The van der Waals surface area contributed by atoms with Crippen molar-refractivity contribution >= 4 is 17.6 Å². The standard InChI is InChI=1S/C20H31N3O2/c1-6-16(5)21-19(24)17-7-8-18(15(4)10-17)22-20(25)23-11-13(2)9-14(3)12-23/h7-8,10,13-14,16H,6,9,11-12H2,1-5H3,(H,21,24)(H,22,25). The van der Waals surface area contributed by atoms with Gasteiger partial charge in [-0.2, -0.15) is 0 Å². The van der Waals surface area contributed by atoms with Crippen molar-refractivity contribution in [2.45, 2.75) is 53.5 Å². The summed E-state index contributed by atoms with van der Waals surface area (Å²) in [5.74, 6) is 0.985. The molecule has 1 fully saturated rings. The summed E-state index contributed by atoms with van der Waals surface area (Å²) in [6.07, 6.45) is 2.06. The van der Waals surface area contributed by atoms with Crippen LogP contribution in [0.2, 0.25) is 0 Å². The first-order valence-corrected chi connectivity index (χ1v) is 9.27. The first-order valence-electron chi connectivity index (χ1n) is 9.27. The monoisotopic (exact) mass is 345 g/mol. The smallest absolute Gasteiger partial charge is 0.321 e. The zero-order chi connectivity index (χ0) is 18.6. The first-order chi connectivity index (χ1) is 11.8. The number of anilines is 1. The molecule has 5 nitrogen and oxygen atoms in total. The topological polar surface area (TPSA) is 61.4 Å². The fourth-order valence-corrected chi connectivity index (χ4v) is 3.38. The third-order valence-corrected chi connectivity index (χ3v) is 4.88. The summed E-state index contributed by atoms with van der Waals surface area (Å²) in [4.78, 5) is 26.7. The fourth-order valence-electron chi connectivity index (χ4n) is 3.38. The van der Waals surface area contributed by atoms with Crippen LogP contribution >= 0.6 is 0 Å². The molecule has 0 bridgehead atoms. The van der Waals surface area contributed by atoms with Crippen molar-refractivity contribution in [1.82, 2.24) is 10.2 Å². The number of urea groups is 1. The van der Waals surface area contributed by atoms with Gasteiger partial charge in [0.15, 0.2) is 0 Å². The zero-order valence-electron chi connectivity index (χ0n) is 16.1. The fraction of sp³-hybridized carbons (Fsp3) is 0.600. The number of nitrogens with zero attached hydrogens (tertiary/aromatic N) is 1. The molecule has 1 aliphatic rings. The maximum atomic E-state index is 12.5. The third-order valence-electron chi connectivity index (χ3n) is 4.88. The number of nitrogens with one attached hydrogen (secondary N) is 2. The molecule has 5 heteroatoms. The average molecular weight is 345 g/mol. The van der Waals surface area contributed by atoms with Crippen LogP contribution in [0.5, 0.6) is 0 Å². The van der Waals surface area contributed by atoms with E-state index in [4.69, 9.17) is 0 Å². The van der Waals surface area contributed by atoms with Crippen molar-refractivity contribution in [3.63, 3.8) is 0 Å². The molecular weight excluding hydrogens is 314 g/mol. The van der Waals surface area contributed by atoms with E-state index in [1.807, 2.05) is 37.8 Å². The highest BCUT2D eigenvalue weighted by atomic mass is 16.2. The van der Waals surface area contributed by atoms with E-state index in [1.165, 1.54) is 6.42 Å². The van der Waals surface area contributed by atoms with E-state index in [2.05, 4.69) is 24.5 Å². The second kappa shape index (κ2) is 8.37. The quantitative estimate of drug-likeness (QED) is 0.865. The van der Waals surface area contributed by atoms with Gasteiger partial charge in [-0.25, -0.2) is 4.79 Å². The van der Waals surface area contributed by atoms with Crippen LogP contribution in [0.15, 0.2) is 18.2 Å². The number of piperidine rings is 1. The minimum atomic E-state index is -0.0750. The Morgan fingerprint density at radius 1 is 1.24 bits per heavy atom. The summed E-state index contributed by atoms with van der Waals surface area (Å²) >= 11 is 0. The van der Waals surface area contributed by atoms with Crippen molar-refractivity contribution < 1.29 is 9.59 Å². The number of carbonyl (C=O) groups is 2. The number of aryl methyl sites for hydroxylation is 1. The van der Waals surface area contributed by atoms with Crippen LogP contribution in [0.3, 0.4) is 0 Å². The van der Waals surface area contributed by atoms with E-state index in [0.717, 1.165) is 30.8 Å². The molecular formula is C20H31N3O2. The number of likely N-dealkylation sites (tertiary alicyclic amines) is 1. The Kier molecular flexibility index (Phi) is 6.45. The molecule has 0 radical (unpaired) electrons. The largest absolute Gasteiger partial charge is 0.350 e. The van der Waals surface area contributed by atoms with Crippen LogP contribution in [-0.2, 0) is 0 Å². The molecule has 1 aliphatic heterocycles. The first kappa shape index (κ1) is 19.3. The average Bonchev–Trinajstić information content (AvgIpc) is 2.55. The lowest BCUT2D eigenvalue weighted by Gasteiger charge is -2.35. The molecule has 0 aliphatic carbocycles. The minimum absolute atomic E-state index is 0.0571. The van der Waals surface area contributed by atoms with Gasteiger partial charge in [-0.3, -0.25) is 4.79 Å². The van der Waals surface area contributed by atoms with Gasteiger partial charge in [0, 0.05) is 30.4 Å². The Bertz CT molecular complexity index is 619. The van der Waals surface area contributed by atoms with Crippen LogP contribution in [0.4, 0.5) is 10.5 Å². The summed E-state index contributed by atoms with van der Waals surface area (Å²) in [7, 11) is 0. The second-order valence-electron chi connectivity index (χ2n) is 7.59. The Morgan fingerprint density at radius 3 is 2.44 bits per heavy atom. The Morgan fingerprint density at radius 2 is 1.88 bits per heavy atom. The molecule has 2 rings (SSSR count). The normalized spacial score (nSPS) is 21.6. The van der Waals surface area contributed by atoms with Gasteiger partial charge in [0.1, 0.15) is 0 Å². The summed E-state index contributed by atoms with van der Waals surface area (Å²) in [6.45, 7) is 11.9. The number of benzene rings is 1. The highest BCUT2D eigenvalue weighted by molar-refractivity contribution is 5.96. The van der Waals surface area contributed by atoms with E-state index in [0.29, 0.717) is 17.4 Å². The molecule has 0 saturated carbocycles. The SMILES string of the molecule is CCC(C)NC(=O)c1ccc(NC(=O)N2CC(C)CC(C)C2)c(C)c1. The number of rotatable bonds is 4. The zero-order valence-corrected chi connectivity index (χ0v) is 16.1. The van der Waals surface area contributed by atoms with Crippen LogP contribution in [0.25, 0.3) is 0 Å². The van der Waals surface area contributed by atoms with Gasteiger partial charge in [0.25, 0.3) is 5.91 Å². The van der Waals surface area contributed by atoms with Crippen molar-refractivity contribution in [3.05, 3.63) is 29.3 Å². The molecule has 3 unspecified atom stereocenters. The lowest BCUT2D eigenvalue weighted by atomic mass is 9.92. The van der Waals surface area contributed by atoms with Gasteiger partial charge in [-0.05, 0) is 62.3 Å². The van der Waals surface area contributed by atoms with Crippen LogP contribution in [0, 0.1) is 18.8 Å². The molecule has 3 atom stereocenters. The molecule has 0 aromatic heterocycles. The molecule has 2 N–H and O–H groups in total. The van der Waals surface area contributed by atoms with Gasteiger partial charge in [-0.15, -0.1) is 0 Å². The Labute approximate surface area is 151 Å². The van der Waals surface area contributed by atoms with E-state index in [9.17, 15) is 9.59 Å². The van der Waals surface area contributed by atoms with E-state index in [-0.39, 0.29) is 18.0 Å². The second-order valence-corrected chi connectivity index (χ2v) is 7.59. The van der Waals surface area contributed by atoms with Crippen molar-refractivity contribution in [2.75, 3.05) is 18.4 Å². The Balaban J connectivity index is 2.03. The number of amides is 3. The number of hydrogen-bond acceptors (Lipinski definition) is 2. The predicted molar refractivity (Wildman–Crippen MR) is 102 cm³/mol. The van der Waals surface area contributed by atoms with E-state index >= 15 is 0 Å². The molecule has 1 aromatic carbocycles. The van der Waals surface area contributed by atoms with Gasteiger partial charge in [-0.1, -0.05) is 20.8 Å². The lowest BCUT2D eigenvalue weighted by Crippen LogP contribution is -2.44. The van der Waals surface area contributed by atoms with Gasteiger partial charge < -0.3 is 15.5 Å². The Hall–Kier alpha value is -2.04. The van der Waals surface area contributed by atoms with E-state index in [1.54, 1.807) is 6.07 Å². The molecule has 25 heavy (non-hydrogen) atoms. The summed E-state index contributed by atoms with van der Waals surface area (Å²) in [6, 6.07) is 5.50. The highest BCUT2D eigenvalue weighted by Gasteiger charge is 2.25.